The van der Waals surface area contributed by atoms with E-state index >= 15 is 0 Å². The van der Waals surface area contributed by atoms with Crippen molar-refractivity contribution in [1.29, 1.82) is 0 Å². The second-order valence-electron chi connectivity index (χ2n) is 7.16. The lowest BCUT2D eigenvalue weighted by molar-refractivity contribution is 0.137. The summed E-state index contributed by atoms with van der Waals surface area (Å²) in [6, 6.07) is 0. The number of rotatable bonds is 8. The Balaban J connectivity index is 1.85. The summed E-state index contributed by atoms with van der Waals surface area (Å²) in [5, 5.41) is 16.3. The number of nitrogens with zero attached hydrogens (tertiary/aromatic N) is 1. The van der Waals surface area contributed by atoms with Crippen LogP contribution in [0.3, 0.4) is 0 Å². The Bertz CT molecular complexity index is 392. The highest BCUT2D eigenvalue weighted by Gasteiger charge is 2.31. The quantitative estimate of drug-likeness (QED) is 0.365. The lowest BCUT2D eigenvalue weighted by Gasteiger charge is -2.35. The van der Waals surface area contributed by atoms with Crippen LogP contribution in [0.5, 0.6) is 0 Å². The zero-order valence-electron chi connectivity index (χ0n) is 14.9. The SMILES string of the molecule is CCNC(=NCC1(CCO)CCCCC1)NCCC1=CCCC1. The Hall–Kier alpha value is -1.03. The highest BCUT2D eigenvalue weighted by molar-refractivity contribution is 5.79. The molecule has 4 nitrogen and oxygen atoms in total. The summed E-state index contributed by atoms with van der Waals surface area (Å²) in [7, 11) is 0. The molecule has 0 spiro atoms. The van der Waals surface area contributed by atoms with Crippen molar-refractivity contribution in [2.75, 3.05) is 26.2 Å². The maximum absolute atomic E-state index is 9.43. The van der Waals surface area contributed by atoms with Gasteiger partial charge in [0.05, 0.1) is 0 Å². The minimum Gasteiger partial charge on any atom is -0.396 e. The highest BCUT2D eigenvalue weighted by atomic mass is 16.3. The van der Waals surface area contributed by atoms with E-state index < -0.39 is 0 Å². The third kappa shape index (κ3) is 6.17. The summed E-state index contributed by atoms with van der Waals surface area (Å²) in [6.45, 7) is 5.09. The van der Waals surface area contributed by atoms with Crippen molar-refractivity contribution in [3.8, 4) is 0 Å². The monoisotopic (exact) mass is 321 g/mol. The Labute approximate surface area is 141 Å². The van der Waals surface area contributed by atoms with Crippen LogP contribution in [0.1, 0.15) is 71.1 Å². The van der Waals surface area contributed by atoms with Crippen molar-refractivity contribution in [3.63, 3.8) is 0 Å². The molecule has 0 aromatic carbocycles. The summed E-state index contributed by atoms with van der Waals surface area (Å²) < 4.78 is 0. The fraction of sp³-hybridized carbons (Fsp3) is 0.842. The van der Waals surface area contributed by atoms with Crippen LogP contribution in [0.15, 0.2) is 16.6 Å². The summed E-state index contributed by atoms with van der Waals surface area (Å²) in [5.74, 6) is 0.939. The zero-order valence-corrected chi connectivity index (χ0v) is 14.9. The van der Waals surface area contributed by atoms with Crippen LogP contribution in [-0.2, 0) is 0 Å². The molecule has 0 heterocycles. The topological polar surface area (TPSA) is 56.7 Å². The summed E-state index contributed by atoms with van der Waals surface area (Å²) in [4.78, 5) is 4.86. The van der Waals surface area contributed by atoms with Gasteiger partial charge >= 0.3 is 0 Å². The fourth-order valence-corrected chi connectivity index (χ4v) is 3.92. The Kier molecular flexibility index (Phi) is 7.93. The largest absolute Gasteiger partial charge is 0.396 e. The molecule has 0 aliphatic heterocycles. The normalized spacial score (nSPS) is 21.1. The van der Waals surface area contributed by atoms with E-state index in [1.807, 2.05) is 0 Å². The van der Waals surface area contributed by atoms with E-state index in [2.05, 4.69) is 23.6 Å². The molecule has 3 N–H and O–H groups in total. The first kappa shape index (κ1) is 18.3. The molecule has 0 unspecified atom stereocenters. The van der Waals surface area contributed by atoms with Gasteiger partial charge in [0.1, 0.15) is 0 Å². The number of allylic oxidation sites excluding steroid dienone is 1. The third-order valence-electron chi connectivity index (χ3n) is 5.35. The van der Waals surface area contributed by atoms with E-state index in [0.29, 0.717) is 0 Å². The lowest BCUT2D eigenvalue weighted by Crippen LogP contribution is -2.39. The molecule has 132 valence electrons. The van der Waals surface area contributed by atoms with Gasteiger partial charge in [0.15, 0.2) is 5.96 Å². The van der Waals surface area contributed by atoms with E-state index in [1.54, 1.807) is 5.57 Å². The summed E-state index contributed by atoms with van der Waals surface area (Å²) in [5.41, 5.74) is 1.82. The molecule has 0 aromatic heterocycles. The molecule has 0 bridgehead atoms. The number of hydrogen-bond acceptors (Lipinski definition) is 2. The van der Waals surface area contributed by atoms with Crippen molar-refractivity contribution in [3.05, 3.63) is 11.6 Å². The molecule has 1 saturated carbocycles. The lowest BCUT2D eigenvalue weighted by atomic mass is 9.72. The Morgan fingerprint density at radius 2 is 2.04 bits per heavy atom. The summed E-state index contributed by atoms with van der Waals surface area (Å²) in [6.07, 6.45) is 14.6. The molecule has 23 heavy (non-hydrogen) atoms. The van der Waals surface area contributed by atoms with Crippen LogP contribution in [0, 0.1) is 5.41 Å². The molecule has 0 amide bonds. The van der Waals surface area contributed by atoms with Crippen LogP contribution in [0.2, 0.25) is 0 Å². The number of aliphatic hydroxyl groups excluding tert-OH is 1. The van der Waals surface area contributed by atoms with Gasteiger partial charge in [-0.15, -0.1) is 0 Å². The minimum atomic E-state index is 0.226. The first-order valence-corrected chi connectivity index (χ1v) is 9.59. The average molecular weight is 322 g/mol. The molecule has 2 aliphatic carbocycles. The number of nitrogens with one attached hydrogen (secondary N) is 2. The molecular weight excluding hydrogens is 286 g/mol. The van der Waals surface area contributed by atoms with Gasteiger partial charge < -0.3 is 15.7 Å². The predicted molar refractivity (Wildman–Crippen MR) is 97.8 cm³/mol. The summed E-state index contributed by atoms with van der Waals surface area (Å²) >= 11 is 0. The third-order valence-corrected chi connectivity index (χ3v) is 5.35. The van der Waals surface area contributed by atoms with Crippen molar-refractivity contribution in [2.24, 2.45) is 10.4 Å². The molecule has 2 rings (SSSR count). The zero-order chi connectivity index (χ0) is 16.4. The maximum atomic E-state index is 9.43. The van der Waals surface area contributed by atoms with Crippen molar-refractivity contribution in [1.82, 2.24) is 10.6 Å². The minimum absolute atomic E-state index is 0.226. The highest BCUT2D eigenvalue weighted by Crippen LogP contribution is 2.39. The molecular formula is C19H35N3O. The molecule has 4 heteroatoms. The Morgan fingerprint density at radius 1 is 1.22 bits per heavy atom. The van der Waals surface area contributed by atoms with Crippen LogP contribution in [0.25, 0.3) is 0 Å². The second kappa shape index (κ2) is 9.96. The van der Waals surface area contributed by atoms with E-state index in [4.69, 9.17) is 4.99 Å². The van der Waals surface area contributed by atoms with Gasteiger partial charge in [-0.25, -0.2) is 0 Å². The van der Waals surface area contributed by atoms with E-state index in [-0.39, 0.29) is 12.0 Å². The van der Waals surface area contributed by atoms with E-state index in [9.17, 15) is 5.11 Å². The molecule has 2 aliphatic rings. The van der Waals surface area contributed by atoms with Gasteiger partial charge in [-0.05, 0) is 57.3 Å². The van der Waals surface area contributed by atoms with Gasteiger partial charge in [0, 0.05) is 26.2 Å². The van der Waals surface area contributed by atoms with Crippen LogP contribution in [0.4, 0.5) is 0 Å². The van der Waals surface area contributed by atoms with Crippen molar-refractivity contribution < 1.29 is 5.11 Å². The fourth-order valence-electron chi connectivity index (χ4n) is 3.92. The van der Waals surface area contributed by atoms with E-state index in [0.717, 1.165) is 38.4 Å². The maximum Gasteiger partial charge on any atom is 0.191 e. The van der Waals surface area contributed by atoms with Gasteiger partial charge in [-0.3, -0.25) is 4.99 Å². The standard InChI is InChI=1S/C19H35N3O/c1-2-20-18(21-14-10-17-8-4-5-9-17)22-16-19(13-15-23)11-6-3-7-12-19/h8,23H,2-7,9-16H2,1H3,(H2,20,21,22). The first-order chi connectivity index (χ1) is 11.3. The van der Waals surface area contributed by atoms with Crippen LogP contribution in [-0.4, -0.2) is 37.3 Å². The number of aliphatic hydroxyl groups is 1. The first-order valence-electron chi connectivity index (χ1n) is 9.59. The van der Waals surface area contributed by atoms with Gasteiger partial charge in [0.2, 0.25) is 0 Å². The average Bonchev–Trinajstić information content (AvgIpc) is 3.07. The second-order valence-corrected chi connectivity index (χ2v) is 7.16. The predicted octanol–water partition coefficient (Wildman–Crippen LogP) is 3.37. The van der Waals surface area contributed by atoms with E-state index in [1.165, 1.54) is 51.4 Å². The smallest absolute Gasteiger partial charge is 0.191 e. The van der Waals surface area contributed by atoms with Crippen LogP contribution < -0.4 is 10.6 Å². The Morgan fingerprint density at radius 3 is 2.70 bits per heavy atom. The van der Waals surface area contributed by atoms with Gasteiger partial charge in [0.25, 0.3) is 0 Å². The van der Waals surface area contributed by atoms with Crippen molar-refractivity contribution in [2.45, 2.75) is 71.1 Å². The number of guanidine groups is 1. The number of hydrogen-bond donors (Lipinski definition) is 3. The molecule has 0 radical (unpaired) electrons. The molecule has 0 atom stereocenters. The number of aliphatic imine (C=N–C) groups is 1. The van der Waals surface area contributed by atoms with Gasteiger partial charge in [-0.1, -0.05) is 30.9 Å². The molecule has 1 fully saturated rings. The van der Waals surface area contributed by atoms with Crippen LogP contribution >= 0.6 is 0 Å². The molecule has 0 aromatic rings. The van der Waals surface area contributed by atoms with Crippen molar-refractivity contribution >= 4 is 5.96 Å². The molecule has 0 saturated heterocycles. The van der Waals surface area contributed by atoms with Gasteiger partial charge in [-0.2, -0.15) is 0 Å².